The number of aromatic nitrogens is 2. The fourth-order valence-corrected chi connectivity index (χ4v) is 1.86. The monoisotopic (exact) mass is 240 g/mol. The summed E-state index contributed by atoms with van der Waals surface area (Å²) in [5, 5.41) is 14.5. The molecule has 0 aliphatic carbocycles. The van der Waals surface area contributed by atoms with Crippen LogP contribution in [0.3, 0.4) is 0 Å². The molecule has 1 aromatic rings. The Hall–Kier alpha value is -1.47. The molecule has 0 spiro atoms. The molecule has 2 N–H and O–H groups in total. The van der Waals surface area contributed by atoms with Crippen LogP contribution in [0.2, 0.25) is 0 Å². The predicted octanol–water partition coefficient (Wildman–Crippen LogP) is 0.545. The molecular formula is C10H16N4O3. The summed E-state index contributed by atoms with van der Waals surface area (Å²) in [7, 11) is 0. The molecule has 2 rings (SSSR count). The van der Waals surface area contributed by atoms with Gasteiger partial charge < -0.3 is 10.5 Å². The standard InChI is InChI=1S/C10H16N4O3/c1-9(2,11)10(6-17-7-10)5-13-4-8(3-12-13)14(15)16/h3-4H,5-7,11H2,1-2H3. The minimum atomic E-state index is -0.457. The van der Waals surface area contributed by atoms with Crippen LogP contribution in [0.4, 0.5) is 5.69 Å². The van der Waals surface area contributed by atoms with Gasteiger partial charge >= 0.3 is 5.69 Å². The van der Waals surface area contributed by atoms with E-state index in [9.17, 15) is 10.1 Å². The molecule has 0 unspecified atom stereocenters. The first-order valence-corrected chi connectivity index (χ1v) is 5.38. The molecule has 1 aliphatic rings. The summed E-state index contributed by atoms with van der Waals surface area (Å²) < 4.78 is 6.80. The van der Waals surface area contributed by atoms with Crippen LogP contribution in [0.5, 0.6) is 0 Å². The summed E-state index contributed by atoms with van der Waals surface area (Å²) in [4.78, 5) is 10.1. The van der Waals surface area contributed by atoms with Gasteiger partial charge in [0.1, 0.15) is 12.4 Å². The van der Waals surface area contributed by atoms with Gasteiger partial charge in [-0.2, -0.15) is 5.10 Å². The fourth-order valence-electron chi connectivity index (χ4n) is 1.86. The molecule has 0 bridgehead atoms. The second-order valence-electron chi connectivity index (χ2n) is 5.15. The lowest BCUT2D eigenvalue weighted by Gasteiger charge is -2.50. The van der Waals surface area contributed by atoms with Crippen molar-refractivity contribution in [1.29, 1.82) is 0 Å². The molecule has 2 heterocycles. The van der Waals surface area contributed by atoms with Gasteiger partial charge in [0.25, 0.3) is 0 Å². The van der Waals surface area contributed by atoms with Gasteiger partial charge in [-0.15, -0.1) is 0 Å². The van der Waals surface area contributed by atoms with Crippen molar-refractivity contribution in [3.63, 3.8) is 0 Å². The van der Waals surface area contributed by atoms with Crippen molar-refractivity contribution in [2.75, 3.05) is 13.2 Å². The second kappa shape index (κ2) is 3.78. The van der Waals surface area contributed by atoms with E-state index in [2.05, 4.69) is 5.10 Å². The number of rotatable bonds is 4. The number of nitrogens with zero attached hydrogens (tertiary/aromatic N) is 3. The van der Waals surface area contributed by atoms with Crippen molar-refractivity contribution >= 4 is 5.69 Å². The second-order valence-corrected chi connectivity index (χ2v) is 5.15. The van der Waals surface area contributed by atoms with Crippen molar-refractivity contribution in [2.45, 2.75) is 25.9 Å². The van der Waals surface area contributed by atoms with Crippen LogP contribution >= 0.6 is 0 Å². The van der Waals surface area contributed by atoms with Crippen LogP contribution < -0.4 is 5.73 Å². The Labute approximate surface area is 98.7 Å². The van der Waals surface area contributed by atoms with E-state index in [-0.39, 0.29) is 11.1 Å². The van der Waals surface area contributed by atoms with Crippen molar-refractivity contribution < 1.29 is 9.66 Å². The van der Waals surface area contributed by atoms with Crippen molar-refractivity contribution in [3.8, 4) is 0 Å². The molecule has 7 nitrogen and oxygen atoms in total. The third-order valence-electron chi connectivity index (χ3n) is 3.42. The summed E-state index contributed by atoms with van der Waals surface area (Å²) in [6, 6.07) is 0. The van der Waals surface area contributed by atoms with E-state index in [1.807, 2.05) is 13.8 Å². The predicted molar refractivity (Wildman–Crippen MR) is 60.4 cm³/mol. The van der Waals surface area contributed by atoms with Crippen LogP contribution in [0.25, 0.3) is 0 Å². The molecule has 94 valence electrons. The van der Waals surface area contributed by atoms with Crippen LogP contribution in [0, 0.1) is 15.5 Å². The molecule has 0 atom stereocenters. The molecule has 1 saturated heterocycles. The van der Waals surface area contributed by atoms with E-state index in [4.69, 9.17) is 10.5 Å². The molecule has 0 amide bonds. The highest BCUT2D eigenvalue weighted by Crippen LogP contribution is 2.38. The van der Waals surface area contributed by atoms with Crippen molar-refractivity contribution in [1.82, 2.24) is 9.78 Å². The normalized spacial score (nSPS) is 18.8. The van der Waals surface area contributed by atoms with Crippen molar-refractivity contribution in [3.05, 3.63) is 22.5 Å². The average molecular weight is 240 g/mol. The van der Waals surface area contributed by atoms with E-state index < -0.39 is 10.5 Å². The lowest BCUT2D eigenvalue weighted by Crippen LogP contribution is -2.63. The van der Waals surface area contributed by atoms with E-state index in [0.717, 1.165) is 0 Å². The zero-order valence-corrected chi connectivity index (χ0v) is 9.92. The molecule has 0 saturated carbocycles. The van der Waals surface area contributed by atoms with Crippen LogP contribution in [0.1, 0.15) is 13.8 Å². The van der Waals surface area contributed by atoms with Gasteiger partial charge in [-0.05, 0) is 13.8 Å². The molecule has 1 aromatic heterocycles. The highest BCUT2D eigenvalue weighted by atomic mass is 16.6. The Kier molecular flexibility index (Phi) is 2.67. The molecule has 17 heavy (non-hydrogen) atoms. The number of nitro groups is 1. The van der Waals surface area contributed by atoms with Crippen LogP contribution in [-0.2, 0) is 11.3 Å². The highest BCUT2D eigenvalue weighted by molar-refractivity contribution is 5.21. The maximum Gasteiger partial charge on any atom is 0.306 e. The number of nitrogens with two attached hydrogens (primary N) is 1. The summed E-state index contributed by atoms with van der Waals surface area (Å²) in [5.74, 6) is 0. The molecule has 1 aliphatic heterocycles. The molecule has 1 fully saturated rings. The summed E-state index contributed by atoms with van der Waals surface area (Å²) in [6.45, 7) is 5.53. The SMILES string of the molecule is CC(C)(N)C1(Cn2cc([N+](=O)[O-])cn2)COC1. The minimum Gasteiger partial charge on any atom is -0.380 e. The summed E-state index contributed by atoms with van der Waals surface area (Å²) >= 11 is 0. The van der Waals surface area contributed by atoms with Crippen LogP contribution in [-0.4, -0.2) is 33.5 Å². The Morgan fingerprint density at radius 2 is 2.35 bits per heavy atom. The molecular weight excluding hydrogens is 224 g/mol. The third kappa shape index (κ3) is 2.03. The fraction of sp³-hybridized carbons (Fsp3) is 0.700. The van der Waals surface area contributed by atoms with Gasteiger partial charge in [-0.1, -0.05) is 0 Å². The zero-order chi connectivity index (χ0) is 12.7. The summed E-state index contributed by atoms with van der Waals surface area (Å²) in [5.41, 5.74) is 5.52. The van der Waals surface area contributed by atoms with Gasteiger partial charge in [-0.3, -0.25) is 14.8 Å². The lowest BCUT2D eigenvalue weighted by molar-refractivity contribution is -0.385. The largest absolute Gasteiger partial charge is 0.380 e. The summed E-state index contributed by atoms with van der Waals surface area (Å²) in [6.07, 6.45) is 2.67. The maximum absolute atomic E-state index is 10.6. The minimum absolute atomic E-state index is 0.00443. The smallest absolute Gasteiger partial charge is 0.306 e. The Bertz CT molecular complexity index is 431. The van der Waals surface area contributed by atoms with Gasteiger partial charge in [0.2, 0.25) is 0 Å². The first kappa shape index (κ1) is 12.0. The number of hydrogen-bond donors (Lipinski definition) is 1. The lowest BCUT2D eigenvalue weighted by atomic mass is 9.70. The van der Waals surface area contributed by atoms with Crippen molar-refractivity contribution in [2.24, 2.45) is 11.1 Å². The maximum atomic E-state index is 10.6. The first-order valence-electron chi connectivity index (χ1n) is 5.38. The van der Waals surface area contributed by atoms with E-state index in [1.165, 1.54) is 12.4 Å². The molecule has 7 heteroatoms. The van der Waals surface area contributed by atoms with Gasteiger partial charge in [0.15, 0.2) is 0 Å². The number of ether oxygens (including phenoxy) is 1. The first-order chi connectivity index (χ1) is 7.84. The van der Waals surface area contributed by atoms with Gasteiger partial charge in [-0.25, -0.2) is 0 Å². The van der Waals surface area contributed by atoms with Gasteiger partial charge in [0.05, 0.1) is 30.1 Å². The Morgan fingerprint density at radius 3 is 2.71 bits per heavy atom. The van der Waals surface area contributed by atoms with Gasteiger partial charge in [0, 0.05) is 5.54 Å². The van der Waals surface area contributed by atoms with Crippen LogP contribution in [0.15, 0.2) is 12.4 Å². The number of hydrogen-bond acceptors (Lipinski definition) is 5. The molecule has 0 radical (unpaired) electrons. The Balaban J connectivity index is 2.16. The van der Waals surface area contributed by atoms with E-state index in [1.54, 1.807) is 4.68 Å². The Morgan fingerprint density at radius 1 is 1.71 bits per heavy atom. The highest BCUT2D eigenvalue weighted by Gasteiger charge is 2.49. The van der Waals surface area contributed by atoms with E-state index in [0.29, 0.717) is 19.8 Å². The van der Waals surface area contributed by atoms with E-state index >= 15 is 0 Å². The topological polar surface area (TPSA) is 96.2 Å². The molecule has 0 aromatic carbocycles. The quantitative estimate of drug-likeness (QED) is 0.612. The average Bonchev–Trinajstić information content (AvgIpc) is 2.57. The third-order valence-corrected chi connectivity index (χ3v) is 3.42. The zero-order valence-electron chi connectivity index (χ0n) is 9.92.